The summed E-state index contributed by atoms with van der Waals surface area (Å²) in [7, 11) is 0. The van der Waals surface area contributed by atoms with E-state index in [4.69, 9.17) is 6.11 Å². The molecular formula is C21H20N2O4. The highest BCUT2D eigenvalue weighted by Crippen LogP contribution is 2.28. The number of fused-ring (bicyclic) bond motifs is 1. The normalized spacial score (nSPS) is 22.4. The molecule has 2 aromatic rings. The van der Waals surface area contributed by atoms with Crippen LogP contribution in [0.15, 0.2) is 54.6 Å². The third-order valence-corrected chi connectivity index (χ3v) is 4.84. The summed E-state index contributed by atoms with van der Waals surface area (Å²) in [5, 5.41) is 0. The first kappa shape index (κ1) is 16.1. The Hall–Kier alpha value is -3.15. The van der Waals surface area contributed by atoms with Crippen LogP contribution in [0, 0.1) is 0 Å². The lowest BCUT2D eigenvalue weighted by Gasteiger charge is -2.36. The number of benzene rings is 2. The lowest BCUT2D eigenvalue weighted by atomic mass is 10.0. The van der Waals surface area contributed by atoms with Gasteiger partial charge in [0.2, 0.25) is 0 Å². The van der Waals surface area contributed by atoms with Crippen molar-refractivity contribution in [1.29, 1.82) is 0 Å². The standard InChI is InChI=1S/C21H20N2O4/c24-19-17-10-4-5-11-18(17)20(25)23(19)16-9-6-12-22(13-16)21(26)27-14-15-7-2-1-3-8-15/h1-5,7-8,10-11,16H,6,9,12-14H2/i16D. The third-order valence-electron chi connectivity index (χ3n) is 4.84. The summed E-state index contributed by atoms with van der Waals surface area (Å²) < 4.78 is 14.2. The van der Waals surface area contributed by atoms with E-state index < -0.39 is 23.9 Å². The fourth-order valence-corrected chi connectivity index (χ4v) is 3.48. The van der Waals surface area contributed by atoms with Crippen LogP contribution >= 0.6 is 0 Å². The predicted octanol–water partition coefficient (Wildman–Crippen LogP) is 3.08. The Bertz CT molecular complexity index is 898. The Labute approximate surface area is 158 Å². The molecule has 2 aliphatic rings. The van der Waals surface area contributed by atoms with Gasteiger partial charge >= 0.3 is 6.09 Å². The fraction of sp³-hybridized carbons (Fsp3) is 0.286. The largest absolute Gasteiger partial charge is 0.445 e. The van der Waals surface area contributed by atoms with Crippen molar-refractivity contribution in [3.8, 4) is 0 Å². The highest BCUT2D eigenvalue weighted by atomic mass is 16.6. The molecule has 1 atom stereocenters. The van der Waals surface area contributed by atoms with Crippen molar-refractivity contribution in [2.45, 2.75) is 25.5 Å². The molecule has 4 rings (SSSR count). The minimum atomic E-state index is -1.50. The molecule has 27 heavy (non-hydrogen) atoms. The number of amides is 3. The van der Waals surface area contributed by atoms with Gasteiger partial charge in [-0.05, 0) is 30.5 Å². The van der Waals surface area contributed by atoms with Crippen LogP contribution in [-0.2, 0) is 11.3 Å². The van der Waals surface area contributed by atoms with E-state index in [0.29, 0.717) is 30.5 Å². The molecule has 1 fully saturated rings. The molecule has 6 heteroatoms. The van der Waals surface area contributed by atoms with Crippen LogP contribution in [0.1, 0.15) is 40.5 Å². The maximum Gasteiger partial charge on any atom is 0.410 e. The molecule has 6 nitrogen and oxygen atoms in total. The minimum Gasteiger partial charge on any atom is -0.445 e. The number of ether oxygens (including phenoxy) is 1. The predicted molar refractivity (Wildman–Crippen MR) is 98.2 cm³/mol. The number of nitrogens with zero attached hydrogens (tertiary/aromatic N) is 2. The second-order valence-electron chi connectivity index (χ2n) is 6.62. The van der Waals surface area contributed by atoms with E-state index in [1.54, 1.807) is 24.3 Å². The number of hydrogen-bond acceptors (Lipinski definition) is 4. The van der Waals surface area contributed by atoms with Crippen LogP contribution in [-0.4, -0.2) is 46.8 Å². The Kier molecular flexibility index (Phi) is 4.30. The first-order chi connectivity index (χ1) is 13.5. The second kappa shape index (κ2) is 7.23. The van der Waals surface area contributed by atoms with Crippen LogP contribution in [0.5, 0.6) is 0 Å². The summed E-state index contributed by atoms with van der Waals surface area (Å²) in [6.07, 6.45) is 0.287. The van der Waals surface area contributed by atoms with E-state index in [1.165, 1.54) is 4.90 Å². The molecule has 2 aliphatic heterocycles. The summed E-state index contributed by atoms with van der Waals surface area (Å²) >= 11 is 0. The lowest BCUT2D eigenvalue weighted by molar-refractivity contribution is 0.0426. The lowest BCUT2D eigenvalue weighted by Crippen LogP contribution is -2.51. The van der Waals surface area contributed by atoms with Crippen molar-refractivity contribution in [3.63, 3.8) is 0 Å². The smallest absolute Gasteiger partial charge is 0.410 e. The molecule has 0 bridgehead atoms. The van der Waals surface area contributed by atoms with Crippen LogP contribution in [0.25, 0.3) is 0 Å². The Morgan fingerprint density at radius 1 is 1.04 bits per heavy atom. The molecule has 2 aromatic carbocycles. The number of likely N-dealkylation sites (tertiary alicyclic amines) is 1. The number of rotatable bonds is 3. The zero-order valence-corrected chi connectivity index (χ0v) is 14.8. The van der Waals surface area contributed by atoms with E-state index in [0.717, 1.165) is 10.5 Å². The Morgan fingerprint density at radius 3 is 2.33 bits per heavy atom. The highest BCUT2D eigenvalue weighted by Gasteiger charge is 2.41. The van der Waals surface area contributed by atoms with Gasteiger partial charge in [0.05, 0.1) is 18.5 Å². The molecule has 1 saturated heterocycles. The summed E-state index contributed by atoms with van der Waals surface area (Å²) in [5.41, 5.74) is 1.48. The minimum absolute atomic E-state index is 0.0634. The molecule has 1 unspecified atom stereocenters. The van der Waals surface area contributed by atoms with Crippen LogP contribution in [0.4, 0.5) is 4.79 Å². The monoisotopic (exact) mass is 365 g/mol. The van der Waals surface area contributed by atoms with Crippen molar-refractivity contribution >= 4 is 17.9 Å². The van der Waals surface area contributed by atoms with Crippen LogP contribution in [0.2, 0.25) is 0 Å². The van der Waals surface area contributed by atoms with Crippen LogP contribution < -0.4 is 0 Å². The van der Waals surface area contributed by atoms with Gasteiger partial charge in [-0.15, -0.1) is 0 Å². The van der Waals surface area contributed by atoms with Gasteiger partial charge in [0.1, 0.15) is 6.61 Å². The summed E-state index contributed by atoms with van der Waals surface area (Å²) in [6.45, 7) is 0.498. The fourth-order valence-electron chi connectivity index (χ4n) is 3.48. The quantitative estimate of drug-likeness (QED) is 0.784. The molecule has 0 aromatic heterocycles. The molecule has 0 saturated carbocycles. The molecule has 0 aliphatic carbocycles. The van der Waals surface area contributed by atoms with Gasteiger partial charge in [-0.2, -0.15) is 0 Å². The average molecular weight is 365 g/mol. The maximum absolute atomic E-state index is 12.7. The van der Waals surface area contributed by atoms with Gasteiger partial charge in [-0.25, -0.2) is 4.79 Å². The summed E-state index contributed by atoms with van der Waals surface area (Å²) in [5.74, 6) is -0.954. The molecule has 3 amide bonds. The van der Waals surface area contributed by atoms with Crippen molar-refractivity contribution in [2.24, 2.45) is 0 Å². The van der Waals surface area contributed by atoms with Crippen LogP contribution in [0.3, 0.4) is 0 Å². The molecule has 0 spiro atoms. The number of carbonyl (C=O) groups excluding carboxylic acids is 3. The number of carbonyl (C=O) groups is 3. The summed E-state index contributed by atoms with van der Waals surface area (Å²) in [4.78, 5) is 40.4. The third kappa shape index (κ3) is 3.30. The van der Waals surface area contributed by atoms with Gasteiger partial charge in [0.25, 0.3) is 11.8 Å². The van der Waals surface area contributed by atoms with E-state index >= 15 is 0 Å². The zero-order valence-electron chi connectivity index (χ0n) is 15.8. The van der Waals surface area contributed by atoms with Gasteiger partial charge in [0.15, 0.2) is 0 Å². The highest BCUT2D eigenvalue weighted by molar-refractivity contribution is 6.21. The van der Waals surface area contributed by atoms with E-state index in [2.05, 4.69) is 0 Å². The number of piperidine rings is 1. The SMILES string of the molecule is [2H]C1(N2C(=O)c3ccccc3C2=O)CCCN(C(=O)OCc2ccccc2)C1. The first-order valence-electron chi connectivity index (χ1n) is 9.43. The van der Waals surface area contributed by atoms with E-state index in [9.17, 15) is 14.4 Å². The van der Waals surface area contributed by atoms with Gasteiger partial charge < -0.3 is 9.64 Å². The number of imide groups is 1. The topological polar surface area (TPSA) is 66.9 Å². The zero-order chi connectivity index (χ0) is 19.7. The molecule has 0 radical (unpaired) electrons. The van der Waals surface area contributed by atoms with Crippen molar-refractivity contribution < 1.29 is 20.5 Å². The molecule has 2 heterocycles. The van der Waals surface area contributed by atoms with E-state index in [1.807, 2.05) is 30.3 Å². The van der Waals surface area contributed by atoms with Gasteiger partial charge in [0, 0.05) is 13.1 Å². The van der Waals surface area contributed by atoms with Crippen molar-refractivity contribution in [2.75, 3.05) is 13.1 Å². The Balaban J connectivity index is 1.48. The molecular weight excluding hydrogens is 344 g/mol. The second-order valence-corrected chi connectivity index (χ2v) is 6.62. The van der Waals surface area contributed by atoms with Crippen molar-refractivity contribution in [3.05, 3.63) is 71.3 Å². The number of hydrogen-bond donors (Lipinski definition) is 0. The average Bonchev–Trinajstić information content (AvgIpc) is 2.98. The molecule has 0 N–H and O–H groups in total. The van der Waals surface area contributed by atoms with E-state index in [-0.39, 0.29) is 13.2 Å². The molecule has 138 valence electrons. The first-order valence-corrected chi connectivity index (χ1v) is 8.93. The van der Waals surface area contributed by atoms with Gasteiger partial charge in [-0.3, -0.25) is 14.5 Å². The summed E-state index contributed by atoms with van der Waals surface area (Å²) in [6, 6.07) is 14.4. The van der Waals surface area contributed by atoms with Gasteiger partial charge in [-0.1, -0.05) is 42.5 Å². The Morgan fingerprint density at radius 2 is 1.67 bits per heavy atom. The maximum atomic E-state index is 12.7. The van der Waals surface area contributed by atoms with Crippen molar-refractivity contribution in [1.82, 2.24) is 9.80 Å².